The van der Waals surface area contributed by atoms with E-state index >= 15 is 0 Å². The molecule has 0 bridgehead atoms. The molecule has 1 saturated heterocycles. The average Bonchev–Trinajstić information content (AvgIpc) is 3.25. The van der Waals surface area contributed by atoms with Crippen LogP contribution in [0.2, 0.25) is 0 Å². The van der Waals surface area contributed by atoms with E-state index in [9.17, 15) is 15.0 Å². The number of hydrogen-bond acceptors (Lipinski definition) is 12. The molecule has 0 aliphatic carbocycles. The number of fused-ring (bicyclic) bond motifs is 1. The van der Waals surface area contributed by atoms with Gasteiger partial charge in [-0.15, -0.1) is 0 Å². The van der Waals surface area contributed by atoms with Gasteiger partial charge in [-0.1, -0.05) is 85.8 Å². The van der Waals surface area contributed by atoms with Crippen molar-refractivity contribution in [3.05, 3.63) is 137 Å². The molecule has 0 saturated carbocycles. The van der Waals surface area contributed by atoms with Crippen molar-refractivity contribution >= 4 is 16.7 Å². The van der Waals surface area contributed by atoms with Crippen LogP contribution in [0.4, 0.5) is 0 Å². The highest BCUT2D eigenvalue weighted by Crippen LogP contribution is 2.36. The summed E-state index contributed by atoms with van der Waals surface area (Å²) < 4.78 is 30.5. The normalized spacial score (nSPS) is 17.3. The van der Waals surface area contributed by atoms with Gasteiger partial charge < -0.3 is 38.8 Å². The van der Waals surface area contributed by atoms with E-state index in [1.807, 2.05) is 91.9 Å². The quantitative estimate of drug-likeness (QED) is 0.0447. The van der Waals surface area contributed by atoms with Crippen LogP contribution in [-0.4, -0.2) is 95.2 Å². The van der Waals surface area contributed by atoms with Crippen LogP contribution in [0.5, 0.6) is 17.2 Å². The lowest BCUT2D eigenvalue weighted by atomic mass is 9.84. The molecular formula is C46H54N2O11. The highest BCUT2D eigenvalue weighted by atomic mass is 17.1. The largest absolute Gasteiger partial charge is 0.507 e. The Morgan fingerprint density at radius 3 is 2.34 bits per heavy atom. The van der Waals surface area contributed by atoms with Crippen LogP contribution in [0, 0.1) is 0 Å². The van der Waals surface area contributed by atoms with Crippen LogP contribution in [0.25, 0.3) is 10.8 Å². The summed E-state index contributed by atoms with van der Waals surface area (Å²) in [7, 11) is 1.65. The Kier molecular flexibility index (Phi) is 16.1. The summed E-state index contributed by atoms with van der Waals surface area (Å²) in [5.41, 5.74) is 4.08. The minimum atomic E-state index is -0.685. The summed E-state index contributed by atoms with van der Waals surface area (Å²) in [5.74, 6) is 1.18. The zero-order chi connectivity index (χ0) is 41.6. The fourth-order valence-corrected chi connectivity index (χ4v) is 7.30. The summed E-state index contributed by atoms with van der Waals surface area (Å²) >= 11 is 0. The van der Waals surface area contributed by atoms with Crippen molar-refractivity contribution in [1.29, 1.82) is 0 Å². The predicted molar refractivity (Wildman–Crippen MR) is 219 cm³/mol. The van der Waals surface area contributed by atoms with Gasteiger partial charge in [0.1, 0.15) is 17.2 Å². The van der Waals surface area contributed by atoms with Crippen LogP contribution >= 0.6 is 0 Å². The number of phenolic OH excluding ortho intramolecular Hbond substituents is 1. The molecule has 13 heteroatoms. The Morgan fingerprint density at radius 2 is 1.56 bits per heavy atom. The number of nitrogens with zero attached hydrogens (tertiary/aromatic N) is 2. The molecule has 314 valence electrons. The van der Waals surface area contributed by atoms with Gasteiger partial charge in [0.2, 0.25) is 5.91 Å². The predicted octanol–water partition coefficient (Wildman–Crippen LogP) is 6.96. The van der Waals surface area contributed by atoms with Gasteiger partial charge in [-0.05, 0) is 64.4 Å². The molecule has 1 heterocycles. The number of piperidine rings is 1. The highest BCUT2D eigenvalue weighted by molar-refractivity contribution is 5.88. The lowest BCUT2D eigenvalue weighted by molar-refractivity contribution is -0.497. The second-order valence-corrected chi connectivity index (χ2v) is 14.6. The van der Waals surface area contributed by atoms with Crippen LogP contribution in [-0.2, 0) is 50.1 Å². The number of methoxy groups -OCH3 is 1. The monoisotopic (exact) mass is 810 g/mol. The molecule has 1 amide bonds. The van der Waals surface area contributed by atoms with Crippen molar-refractivity contribution in [2.45, 2.75) is 70.2 Å². The van der Waals surface area contributed by atoms with Crippen LogP contribution in [0.1, 0.15) is 53.5 Å². The topological polar surface area (TPSA) is 160 Å². The van der Waals surface area contributed by atoms with Gasteiger partial charge in [0.05, 0.1) is 76.9 Å². The highest BCUT2D eigenvalue weighted by Gasteiger charge is 2.41. The molecule has 0 radical (unpaired) electrons. The van der Waals surface area contributed by atoms with E-state index in [2.05, 4.69) is 0 Å². The number of amides is 1. The summed E-state index contributed by atoms with van der Waals surface area (Å²) in [6.45, 7) is 4.00. The first-order valence-electron chi connectivity index (χ1n) is 19.9. The van der Waals surface area contributed by atoms with E-state index in [-0.39, 0.29) is 62.3 Å². The standard InChI is InChI=1S/C46H54N2O11/c1-3-38(49)31-58-44-27-47(45(51)25-32-10-8-11-33(22-32)29-59-48(52)53)26-43(57-28-34-23-36-12-4-6-14-40(36)41(50)24-34)46(44)35-16-18-39(19-17-35)56-21-9-20-55-30-37-13-5-7-15-42(37)54-2/h4-8,10-19,22-24,38,43-44,46,49-50,52-53H,3,9,20-21,25-31H2,1-2H3. The van der Waals surface area contributed by atoms with E-state index in [1.54, 1.807) is 36.3 Å². The molecule has 1 aliphatic heterocycles. The Bertz CT molecular complexity index is 2080. The third kappa shape index (κ3) is 12.5. The first kappa shape index (κ1) is 43.5. The maximum absolute atomic E-state index is 14.0. The average molecular weight is 811 g/mol. The molecule has 0 spiro atoms. The fraction of sp³-hybridized carbons (Fsp3) is 0.370. The molecule has 13 nitrogen and oxygen atoms in total. The number of aliphatic hydroxyl groups is 1. The summed E-state index contributed by atoms with van der Waals surface area (Å²) in [6.07, 6.45) is -0.467. The first-order valence-corrected chi connectivity index (χ1v) is 19.9. The van der Waals surface area contributed by atoms with Gasteiger partial charge in [0, 0.05) is 36.4 Å². The molecule has 1 fully saturated rings. The maximum atomic E-state index is 14.0. The Hall–Kier alpha value is -5.09. The molecule has 59 heavy (non-hydrogen) atoms. The Balaban J connectivity index is 1.18. The zero-order valence-corrected chi connectivity index (χ0v) is 33.5. The van der Waals surface area contributed by atoms with E-state index in [1.165, 1.54) is 0 Å². The van der Waals surface area contributed by atoms with Crippen molar-refractivity contribution in [2.75, 3.05) is 40.0 Å². The number of ether oxygens (including phenoxy) is 5. The van der Waals surface area contributed by atoms with Crippen LogP contribution in [0.3, 0.4) is 0 Å². The van der Waals surface area contributed by atoms with Gasteiger partial charge in [-0.25, -0.2) is 4.84 Å². The molecule has 4 atom stereocenters. The van der Waals surface area contributed by atoms with Crippen LogP contribution < -0.4 is 9.47 Å². The molecule has 0 aromatic heterocycles. The van der Waals surface area contributed by atoms with Gasteiger partial charge >= 0.3 is 0 Å². The number of para-hydroxylation sites is 1. The maximum Gasteiger partial charge on any atom is 0.227 e. The van der Waals surface area contributed by atoms with Gasteiger partial charge in [-0.2, -0.15) is 0 Å². The molecule has 5 aromatic carbocycles. The smallest absolute Gasteiger partial charge is 0.227 e. The zero-order valence-electron chi connectivity index (χ0n) is 33.5. The van der Waals surface area contributed by atoms with E-state index in [4.69, 9.17) is 38.9 Å². The second kappa shape index (κ2) is 21.8. The second-order valence-electron chi connectivity index (χ2n) is 14.6. The summed E-state index contributed by atoms with van der Waals surface area (Å²) in [4.78, 5) is 20.5. The lowest BCUT2D eigenvalue weighted by Crippen LogP contribution is -2.55. The molecule has 5 aromatic rings. The third-order valence-electron chi connectivity index (χ3n) is 10.4. The van der Waals surface area contributed by atoms with E-state index < -0.39 is 18.3 Å². The van der Waals surface area contributed by atoms with Gasteiger partial charge in [-0.3, -0.25) is 15.2 Å². The minimum absolute atomic E-state index is 0.0770. The van der Waals surface area contributed by atoms with Crippen molar-refractivity contribution in [1.82, 2.24) is 10.3 Å². The van der Waals surface area contributed by atoms with Crippen LogP contribution in [0.15, 0.2) is 109 Å². The van der Waals surface area contributed by atoms with Crippen molar-refractivity contribution in [2.24, 2.45) is 0 Å². The Morgan fingerprint density at radius 1 is 0.814 bits per heavy atom. The Labute approximate surface area is 344 Å². The third-order valence-corrected chi connectivity index (χ3v) is 10.4. The molecular weight excluding hydrogens is 757 g/mol. The summed E-state index contributed by atoms with van der Waals surface area (Å²) in [6, 6.07) is 34.0. The molecule has 4 unspecified atom stereocenters. The number of aromatic hydroxyl groups is 1. The number of phenols is 1. The SMILES string of the molecule is CCC(O)COC1CN(C(=O)Cc2cccc(CON(O)O)c2)CC(OCc2cc(O)c3ccccc3c2)C1c1ccc(OCCCOCc2ccccc2OC)cc1. The number of aliphatic hydroxyl groups excluding tert-OH is 1. The number of carbonyl (C=O) groups is 1. The first-order chi connectivity index (χ1) is 28.7. The van der Waals surface area contributed by atoms with Crippen molar-refractivity contribution in [3.63, 3.8) is 0 Å². The van der Waals surface area contributed by atoms with E-state index in [0.29, 0.717) is 44.0 Å². The fourth-order valence-electron chi connectivity index (χ4n) is 7.30. The minimum Gasteiger partial charge on any atom is -0.507 e. The molecule has 1 aliphatic rings. The number of rotatable bonds is 21. The van der Waals surface area contributed by atoms with E-state index in [0.717, 1.165) is 38.8 Å². The molecule has 4 N–H and O–H groups in total. The summed E-state index contributed by atoms with van der Waals surface area (Å²) in [5, 5.41) is 40.6. The number of carbonyl (C=O) groups excluding carboxylic acids is 1. The number of benzene rings is 5. The number of likely N-dealkylation sites (tertiary alicyclic amines) is 1. The lowest BCUT2D eigenvalue weighted by Gasteiger charge is -2.44. The van der Waals surface area contributed by atoms with Gasteiger partial charge in [0.15, 0.2) is 0 Å². The number of hydrogen-bond donors (Lipinski definition) is 4. The molecule has 6 rings (SSSR count). The van der Waals surface area contributed by atoms with Gasteiger partial charge in [0.25, 0.3) is 0 Å². The van der Waals surface area contributed by atoms with Crippen molar-refractivity contribution in [3.8, 4) is 17.2 Å². The van der Waals surface area contributed by atoms with Crippen molar-refractivity contribution < 1.29 is 53.9 Å².